The SMILES string of the molecule is CCOC(=O)C(C)n1c(=NC(=O)C(C)(C)C)sc2ccccc21. The van der Waals surface area contributed by atoms with E-state index in [1.807, 2.05) is 45.0 Å². The average molecular weight is 334 g/mol. The van der Waals surface area contributed by atoms with Crippen molar-refractivity contribution < 1.29 is 14.3 Å². The second-order valence-corrected chi connectivity index (χ2v) is 7.33. The highest BCUT2D eigenvalue weighted by Gasteiger charge is 2.24. The van der Waals surface area contributed by atoms with Gasteiger partial charge in [0, 0.05) is 5.41 Å². The molecule has 1 unspecified atom stereocenters. The van der Waals surface area contributed by atoms with E-state index in [1.165, 1.54) is 11.3 Å². The van der Waals surface area contributed by atoms with E-state index in [-0.39, 0.29) is 11.9 Å². The van der Waals surface area contributed by atoms with Crippen molar-refractivity contribution in [1.82, 2.24) is 4.57 Å². The number of aromatic nitrogens is 1. The van der Waals surface area contributed by atoms with Gasteiger partial charge in [0.2, 0.25) is 0 Å². The maximum Gasteiger partial charge on any atom is 0.328 e. The van der Waals surface area contributed by atoms with Gasteiger partial charge < -0.3 is 9.30 Å². The van der Waals surface area contributed by atoms with Crippen LogP contribution in [-0.4, -0.2) is 23.1 Å². The highest BCUT2D eigenvalue weighted by molar-refractivity contribution is 7.16. The van der Waals surface area contributed by atoms with Crippen molar-refractivity contribution in [3.05, 3.63) is 29.1 Å². The third-order valence-corrected chi connectivity index (χ3v) is 4.42. The van der Waals surface area contributed by atoms with Crippen LogP contribution in [0.3, 0.4) is 0 Å². The number of esters is 1. The second-order valence-electron chi connectivity index (χ2n) is 6.32. The Kier molecular flexibility index (Phi) is 5.04. The summed E-state index contributed by atoms with van der Waals surface area (Å²) in [5.74, 6) is -0.547. The molecule has 23 heavy (non-hydrogen) atoms. The summed E-state index contributed by atoms with van der Waals surface area (Å²) in [5, 5.41) is 0. The number of fused-ring (bicyclic) bond motifs is 1. The Morgan fingerprint density at radius 2 is 1.96 bits per heavy atom. The Morgan fingerprint density at radius 3 is 2.57 bits per heavy atom. The standard InChI is InChI=1S/C17H22N2O3S/c1-6-22-14(20)11(2)19-12-9-7-8-10-13(12)23-16(19)18-15(21)17(3,4)5/h7-11H,6H2,1-5H3. The second kappa shape index (κ2) is 6.66. The van der Waals surface area contributed by atoms with Gasteiger partial charge in [-0.3, -0.25) is 4.79 Å². The summed E-state index contributed by atoms with van der Waals surface area (Å²) in [5.41, 5.74) is 0.305. The van der Waals surface area contributed by atoms with Crippen LogP contribution in [0.2, 0.25) is 0 Å². The van der Waals surface area contributed by atoms with Crippen molar-refractivity contribution in [3.8, 4) is 0 Å². The number of rotatable bonds is 3. The van der Waals surface area contributed by atoms with Crippen LogP contribution in [0.1, 0.15) is 40.7 Å². The van der Waals surface area contributed by atoms with E-state index >= 15 is 0 Å². The van der Waals surface area contributed by atoms with Crippen LogP contribution >= 0.6 is 11.3 Å². The Morgan fingerprint density at radius 1 is 1.30 bits per heavy atom. The van der Waals surface area contributed by atoms with Crippen LogP contribution in [0.15, 0.2) is 29.3 Å². The molecule has 1 heterocycles. The fraction of sp³-hybridized carbons (Fsp3) is 0.471. The zero-order valence-electron chi connectivity index (χ0n) is 14.1. The minimum atomic E-state index is -0.568. The predicted octanol–water partition coefficient (Wildman–Crippen LogP) is 3.30. The Balaban J connectivity index is 2.65. The minimum absolute atomic E-state index is 0.214. The molecule has 1 aromatic heterocycles. The zero-order valence-corrected chi connectivity index (χ0v) is 14.9. The zero-order chi connectivity index (χ0) is 17.2. The van der Waals surface area contributed by atoms with E-state index in [9.17, 15) is 9.59 Å². The third-order valence-electron chi connectivity index (χ3n) is 3.39. The number of carbonyl (C=O) groups is 2. The number of nitrogens with zero attached hydrogens (tertiary/aromatic N) is 2. The van der Waals surface area contributed by atoms with Gasteiger partial charge in [0.15, 0.2) is 4.80 Å². The Hall–Kier alpha value is -1.95. The lowest BCUT2D eigenvalue weighted by Gasteiger charge is -2.15. The quantitative estimate of drug-likeness (QED) is 0.809. The number of ether oxygens (including phenoxy) is 1. The number of carbonyl (C=O) groups excluding carboxylic acids is 2. The molecule has 0 aliphatic rings. The first-order valence-electron chi connectivity index (χ1n) is 7.61. The number of benzene rings is 1. The molecule has 0 spiro atoms. The van der Waals surface area contributed by atoms with Gasteiger partial charge in [-0.15, -0.1) is 0 Å². The fourth-order valence-corrected chi connectivity index (χ4v) is 3.16. The highest BCUT2D eigenvalue weighted by atomic mass is 32.1. The van der Waals surface area contributed by atoms with Gasteiger partial charge in [0.05, 0.1) is 16.8 Å². The summed E-state index contributed by atoms with van der Waals surface area (Å²) in [6.07, 6.45) is 0. The minimum Gasteiger partial charge on any atom is -0.464 e. The molecule has 0 aliphatic heterocycles. The molecule has 0 N–H and O–H groups in total. The van der Waals surface area contributed by atoms with E-state index in [2.05, 4.69) is 4.99 Å². The summed E-state index contributed by atoms with van der Waals surface area (Å²) >= 11 is 1.40. The van der Waals surface area contributed by atoms with E-state index in [4.69, 9.17) is 4.74 Å². The van der Waals surface area contributed by atoms with E-state index < -0.39 is 11.5 Å². The van der Waals surface area contributed by atoms with Gasteiger partial charge in [-0.25, -0.2) is 4.79 Å². The normalized spacial score (nSPS) is 14.0. The lowest BCUT2D eigenvalue weighted by Crippen LogP contribution is -2.29. The van der Waals surface area contributed by atoms with E-state index in [0.29, 0.717) is 11.4 Å². The maximum atomic E-state index is 12.3. The molecule has 1 atom stereocenters. The molecule has 0 radical (unpaired) electrons. The Bertz CT molecular complexity index is 796. The van der Waals surface area contributed by atoms with Crippen molar-refractivity contribution in [3.63, 3.8) is 0 Å². The average Bonchev–Trinajstić information content (AvgIpc) is 2.83. The molecular formula is C17H22N2O3S. The monoisotopic (exact) mass is 334 g/mol. The van der Waals surface area contributed by atoms with E-state index in [1.54, 1.807) is 18.4 Å². The molecule has 0 fully saturated rings. The molecular weight excluding hydrogens is 312 g/mol. The predicted molar refractivity (Wildman–Crippen MR) is 91.2 cm³/mol. The molecule has 5 nitrogen and oxygen atoms in total. The lowest BCUT2D eigenvalue weighted by atomic mass is 9.96. The number of thiazole rings is 1. The first-order valence-corrected chi connectivity index (χ1v) is 8.43. The largest absolute Gasteiger partial charge is 0.464 e. The lowest BCUT2D eigenvalue weighted by molar-refractivity contribution is -0.146. The topological polar surface area (TPSA) is 60.7 Å². The summed E-state index contributed by atoms with van der Waals surface area (Å²) in [6, 6.07) is 7.15. The fourth-order valence-electron chi connectivity index (χ4n) is 2.07. The van der Waals surface area contributed by atoms with Gasteiger partial charge in [0.25, 0.3) is 5.91 Å². The van der Waals surface area contributed by atoms with Gasteiger partial charge in [0.1, 0.15) is 6.04 Å². The van der Waals surface area contributed by atoms with Gasteiger partial charge in [-0.1, -0.05) is 44.2 Å². The number of hydrogen-bond donors (Lipinski definition) is 0. The molecule has 0 bridgehead atoms. The molecule has 2 rings (SSSR count). The van der Waals surface area contributed by atoms with E-state index in [0.717, 1.165) is 10.2 Å². The van der Waals surface area contributed by atoms with Crippen LogP contribution < -0.4 is 4.80 Å². The molecule has 124 valence electrons. The number of amides is 1. The molecule has 6 heteroatoms. The number of hydrogen-bond acceptors (Lipinski definition) is 4. The third kappa shape index (κ3) is 3.69. The van der Waals surface area contributed by atoms with Gasteiger partial charge in [-0.2, -0.15) is 4.99 Å². The summed E-state index contributed by atoms with van der Waals surface area (Å²) in [4.78, 5) is 29.2. The van der Waals surface area contributed by atoms with Crippen molar-refractivity contribution >= 4 is 33.4 Å². The van der Waals surface area contributed by atoms with Crippen molar-refractivity contribution in [2.75, 3.05) is 6.61 Å². The number of para-hydroxylation sites is 1. The van der Waals surface area contributed by atoms with Crippen LogP contribution in [-0.2, 0) is 14.3 Å². The Labute approximate surface area is 139 Å². The molecule has 1 amide bonds. The van der Waals surface area contributed by atoms with Crippen LogP contribution in [0.5, 0.6) is 0 Å². The molecule has 0 aliphatic carbocycles. The van der Waals surface area contributed by atoms with Crippen molar-refractivity contribution in [2.24, 2.45) is 10.4 Å². The van der Waals surface area contributed by atoms with Crippen molar-refractivity contribution in [1.29, 1.82) is 0 Å². The smallest absolute Gasteiger partial charge is 0.328 e. The first-order chi connectivity index (χ1) is 10.8. The highest BCUT2D eigenvalue weighted by Crippen LogP contribution is 2.22. The van der Waals surface area contributed by atoms with Crippen molar-refractivity contribution in [2.45, 2.75) is 40.7 Å². The van der Waals surface area contributed by atoms with Crippen LogP contribution in [0.4, 0.5) is 0 Å². The maximum absolute atomic E-state index is 12.3. The van der Waals surface area contributed by atoms with Crippen LogP contribution in [0.25, 0.3) is 10.2 Å². The molecule has 2 aromatic rings. The molecule has 0 saturated heterocycles. The van der Waals surface area contributed by atoms with Gasteiger partial charge in [-0.05, 0) is 26.0 Å². The first kappa shape index (κ1) is 17.4. The molecule has 0 saturated carbocycles. The summed E-state index contributed by atoms with van der Waals surface area (Å²) < 4.78 is 7.88. The molecule has 1 aromatic carbocycles. The van der Waals surface area contributed by atoms with Crippen LogP contribution in [0, 0.1) is 5.41 Å². The van der Waals surface area contributed by atoms with Gasteiger partial charge >= 0.3 is 5.97 Å². The summed E-state index contributed by atoms with van der Waals surface area (Å²) in [6.45, 7) is 9.33. The summed E-state index contributed by atoms with van der Waals surface area (Å²) in [7, 11) is 0.